The van der Waals surface area contributed by atoms with Crippen molar-refractivity contribution in [3.8, 4) is 28.2 Å². The molecular weight excluding hydrogens is 443 g/mol. The zero-order valence-electron chi connectivity index (χ0n) is 17.3. The van der Waals surface area contributed by atoms with Crippen molar-refractivity contribution in [3.63, 3.8) is 0 Å². The van der Waals surface area contributed by atoms with E-state index in [4.69, 9.17) is 5.10 Å². The van der Waals surface area contributed by atoms with Gasteiger partial charge in [0.05, 0.1) is 0 Å². The molecule has 150 valence electrons. The Labute approximate surface area is 189 Å². The van der Waals surface area contributed by atoms with Crippen molar-refractivity contribution in [2.24, 2.45) is 0 Å². The van der Waals surface area contributed by atoms with Crippen LogP contribution >= 0.6 is 0 Å². The van der Waals surface area contributed by atoms with Gasteiger partial charge in [-0.1, -0.05) is 0 Å². The Balaban J connectivity index is 1.81. The van der Waals surface area contributed by atoms with E-state index in [9.17, 15) is 0 Å². The van der Waals surface area contributed by atoms with Crippen LogP contribution in [0.5, 0.6) is 0 Å². The van der Waals surface area contributed by atoms with Crippen molar-refractivity contribution < 1.29 is 0 Å². The van der Waals surface area contributed by atoms with Gasteiger partial charge in [-0.05, 0) is 0 Å². The molecule has 0 radical (unpaired) electrons. The summed E-state index contributed by atoms with van der Waals surface area (Å²) >= 11 is 0.111. The number of aryl methyl sites for hydroxylation is 1. The number of rotatable bonds is 5. The second-order valence-electron chi connectivity index (χ2n) is 7.42. The summed E-state index contributed by atoms with van der Waals surface area (Å²) < 4.78 is 4.77. The third kappa shape index (κ3) is 4.11. The molecule has 0 aliphatic carbocycles. The molecule has 0 atom stereocenters. The Morgan fingerprint density at radius 3 is 1.90 bits per heavy atom. The van der Waals surface area contributed by atoms with Crippen LogP contribution in [0.15, 0.2) is 115 Å². The molecule has 0 unspecified atom stereocenters. The molecule has 1 aromatic heterocycles. The van der Waals surface area contributed by atoms with Crippen molar-refractivity contribution >= 4 is 23.9 Å². The number of aromatic nitrogens is 2. The van der Waals surface area contributed by atoms with Gasteiger partial charge in [0.1, 0.15) is 0 Å². The fraction of sp³-hybridized carbons (Fsp3) is 0.0357. The standard InChI is InChI=1S/C28H22N2Se/c1-21-12-11-17-24(20-21)30-27(23-15-7-3-8-16-23)28(31-25-18-9-4-10-19-25)26(29-30)22-13-5-2-6-14-22/h2-20H,1H3. The van der Waals surface area contributed by atoms with Crippen molar-refractivity contribution in [2.45, 2.75) is 6.92 Å². The molecule has 0 aliphatic rings. The molecule has 0 bridgehead atoms. The molecule has 0 aliphatic heterocycles. The van der Waals surface area contributed by atoms with E-state index in [1.165, 1.54) is 25.7 Å². The van der Waals surface area contributed by atoms with Gasteiger partial charge in [-0.2, -0.15) is 0 Å². The summed E-state index contributed by atoms with van der Waals surface area (Å²) in [7, 11) is 0. The molecule has 31 heavy (non-hydrogen) atoms. The molecule has 1 heterocycles. The second kappa shape index (κ2) is 8.77. The van der Waals surface area contributed by atoms with E-state index in [0.29, 0.717) is 0 Å². The third-order valence-corrected chi connectivity index (χ3v) is 7.45. The summed E-state index contributed by atoms with van der Waals surface area (Å²) in [5, 5.41) is 5.20. The van der Waals surface area contributed by atoms with Crippen molar-refractivity contribution in [1.29, 1.82) is 0 Å². The molecule has 5 aromatic rings. The molecule has 0 spiro atoms. The fourth-order valence-corrected chi connectivity index (χ4v) is 5.96. The summed E-state index contributed by atoms with van der Waals surface area (Å²) in [5.41, 5.74) is 6.89. The quantitative estimate of drug-likeness (QED) is 0.328. The SMILES string of the molecule is Cc1cccc(-n2nc(-c3ccccc3)c([Se]c3ccccc3)c2-c2ccccc2)c1. The second-order valence-corrected chi connectivity index (χ2v) is 9.70. The van der Waals surface area contributed by atoms with Crippen molar-refractivity contribution in [3.05, 3.63) is 121 Å². The first-order valence-corrected chi connectivity index (χ1v) is 12.0. The minimum atomic E-state index is 0.111. The summed E-state index contributed by atoms with van der Waals surface area (Å²) in [6, 6.07) is 40.5. The summed E-state index contributed by atoms with van der Waals surface area (Å²) in [6.07, 6.45) is 0. The molecule has 0 saturated carbocycles. The number of nitrogens with zero attached hydrogens (tertiary/aromatic N) is 2. The van der Waals surface area contributed by atoms with E-state index < -0.39 is 0 Å². The summed E-state index contributed by atoms with van der Waals surface area (Å²) in [4.78, 5) is 0. The van der Waals surface area contributed by atoms with Gasteiger partial charge in [0.15, 0.2) is 0 Å². The van der Waals surface area contributed by atoms with Gasteiger partial charge < -0.3 is 0 Å². The Kier molecular flexibility index (Phi) is 5.54. The maximum absolute atomic E-state index is 5.20. The molecule has 2 nitrogen and oxygen atoms in total. The van der Waals surface area contributed by atoms with Gasteiger partial charge in [-0.3, -0.25) is 0 Å². The van der Waals surface area contributed by atoms with E-state index in [0.717, 1.165) is 16.9 Å². The Morgan fingerprint density at radius 2 is 1.26 bits per heavy atom. The van der Waals surface area contributed by atoms with E-state index >= 15 is 0 Å². The zero-order valence-corrected chi connectivity index (χ0v) is 19.0. The van der Waals surface area contributed by atoms with Crippen LogP contribution in [-0.4, -0.2) is 24.7 Å². The number of benzene rings is 4. The molecule has 3 heteroatoms. The van der Waals surface area contributed by atoms with Crippen LogP contribution < -0.4 is 8.92 Å². The van der Waals surface area contributed by atoms with Crippen LogP contribution in [0.25, 0.3) is 28.2 Å². The fourth-order valence-electron chi connectivity index (χ4n) is 3.69. The van der Waals surface area contributed by atoms with Crippen LogP contribution in [0.4, 0.5) is 0 Å². The van der Waals surface area contributed by atoms with Gasteiger partial charge in [0.2, 0.25) is 0 Å². The first-order chi connectivity index (χ1) is 15.3. The predicted octanol–water partition coefficient (Wildman–Crippen LogP) is 5.17. The molecule has 0 fully saturated rings. The van der Waals surface area contributed by atoms with Gasteiger partial charge >= 0.3 is 190 Å². The molecule has 0 amide bonds. The van der Waals surface area contributed by atoms with Crippen LogP contribution in [0.3, 0.4) is 0 Å². The monoisotopic (exact) mass is 466 g/mol. The van der Waals surface area contributed by atoms with Gasteiger partial charge in [-0.25, -0.2) is 0 Å². The molecule has 0 N–H and O–H groups in total. The van der Waals surface area contributed by atoms with E-state index in [1.807, 2.05) is 0 Å². The maximum atomic E-state index is 5.20. The number of hydrogen-bond acceptors (Lipinski definition) is 1. The first kappa shape index (κ1) is 19.6. The van der Waals surface area contributed by atoms with Crippen LogP contribution in [0, 0.1) is 6.92 Å². The average Bonchev–Trinajstić information content (AvgIpc) is 3.20. The van der Waals surface area contributed by atoms with Crippen molar-refractivity contribution in [2.75, 3.05) is 0 Å². The van der Waals surface area contributed by atoms with E-state index in [2.05, 4.69) is 127 Å². The van der Waals surface area contributed by atoms with E-state index in [1.54, 1.807) is 0 Å². The Bertz CT molecular complexity index is 1290. The minimum absolute atomic E-state index is 0.111. The van der Waals surface area contributed by atoms with Gasteiger partial charge in [-0.15, -0.1) is 0 Å². The van der Waals surface area contributed by atoms with Crippen LogP contribution in [0.2, 0.25) is 0 Å². The van der Waals surface area contributed by atoms with Crippen molar-refractivity contribution in [1.82, 2.24) is 9.78 Å². The molecule has 4 aromatic carbocycles. The number of hydrogen-bond donors (Lipinski definition) is 0. The molecular formula is C28H22N2Se. The molecule has 0 saturated heterocycles. The van der Waals surface area contributed by atoms with E-state index in [-0.39, 0.29) is 15.0 Å². The van der Waals surface area contributed by atoms with Gasteiger partial charge in [0, 0.05) is 0 Å². The van der Waals surface area contributed by atoms with Crippen LogP contribution in [-0.2, 0) is 0 Å². The normalized spacial score (nSPS) is 10.9. The topological polar surface area (TPSA) is 17.8 Å². The summed E-state index contributed by atoms with van der Waals surface area (Å²) in [6.45, 7) is 2.13. The molecule has 5 rings (SSSR count). The Morgan fingerprint density at radius 1 is 0.645 bits per heavy atom. The average molecular weight is 465 g/mol. The predicted molar refractivity (Wildman–Crippen MR) is 131 cm³/mol. The first-order valence-electron chi connectivity index (χ1n) is 10.3. The summed E-state index contributed by atoms with van der Waals surface area (Å²) in [5.74, 6) is 0. The van der Waals surface area contributed by atoms with Gasteiger partial charge in [0.25, 0.3) is 0 Å². The Hall–Kier alpha value is -3.39. The van der Waals surface area contributed by atoms with Crippen LogP contribution in [0.1, 0.15) is 5.56 Å². The zero-order chi connectivity index (χ0) is 21.0. The third-order valence-electron chi connectivity index (χ3n) is 5.15.